The van der Waals surface area contributed by atoms with Gasteiger partial charge in [0.2, 0.25) is 5.91 Å². The molecule has 1 amide bonds. The van der Waals surface area contributed by atoms with Gasteiger partial charge in [0.25, 0.3) is 0 Å². The van der Waals surface area contributed by atoms with Gasteiger partial charge in [0.15, 0.2) is 5.13 Å². The summed E-state index contributed by atoms with van der Waals surface area (Å²) < 4.78 is 6.66. The van der Waals surface area contributed by atoms with E-state index in [1.807, 2.05) is 30.5 Å². The van der Waals surface area contributed by atoms with Gasteiger partial charge in [-0.25, -0.2) is 4.98 Å². The van der Waals surface area contributed by atoms with Crippen LogP contribution < -0.4 is 10.1 Å². The number of hydrogen-bond donors (Lipinski definition) is 1. The lowest BCUT2D eigenvalue weighted by atomic mass is 10.1. The molecule has 4 nitrogen and oxygen atoms in total. The van der Waals surface area contributed by atoms with Crippen molar-refractivity contribution in [2.75, 3.05) is 11.9 Å². The maximum atomic E-state index is 12.2. The van der Waals surface area contributed by atoms with Gasteiger partial charge in [-0.3, -0.25) is 4.79 Å². The van der Waals surface area contributed by atoms with Crippen LogP contribution in [-0.2, 0) is 11.2 Å². The summed E-state index contributed by atoms with van der Waals surface area (Å²) in [5.41, 5.74) is 4.41. The average molecular weight is 459 g/mol. The van der Waals surface area contributed by atoms with Gasteiger partial charge in [0, 0.05) is 17.4 Å². The first-order chi connectivity index (χ1) is 13.5. The molecule has 28 heavy (non-hydrogen) atoms. The van der Waals surface area contributed by atoms with Crippen molar-refractivity contribution in [2.24, 2.45) is 0 Å². The Bertz CT molecular complexity index is 938. The number of halogens is 1. The molecule has 146 valence electrons. The molecule has 0 unspecified atom stereocenters. The third-order valence-electron chi connectivity index (χ3n) is 4.30. The van der Waals surface area contributed by atoms with Crippen LogP contribution >= 0.6 is 27.3 Å². The molecule has 0 radical (unpaired) electrons. The number of nitrogens with zero attached hydrogens (tertiary/aromatic N) is 1. The summed E-state index contributed by atoms with van der Waals surface area (Å²) >= 11 is 4.93. The molecule has 3 aromatic rings. The molecular formula is C22H23BrN2O2S. The van der Waals surface area contributed by atoms with Crippen molar-refractivity contribution in [1.29, 1.82) is 0 Å². The molecule has 0 fully saturated rings. The highest BCUT2D eigenvalue weighted by Gasteiger charge is 2.09. The fourth-order valence-electron chi connectivity index (χ4n) is 2.69. The Hall–Kier alpha value is -2.18. The van der Waals surface area contributed by atoms with E-state index in [1.165, 1.54) is 22.5 Å². The van der Waals surface area contributed by atoms with Crippen molar-refractivity contribution in [3.05, 3.63) is 63.4 Å². The van der Waals surface area contributed by atoms with Crippen LogP contribution in [0.4, 0.5) is 5.13 Å². The van der Waals surface area contributed by atoms with E-state index in [0.29, 0.717) is 24.6 Å². The first kappa shape index (κ1) is 20.6. The van der Waals surface area contributed by atoms with Gasteiger partial charge in [-0.15, -0.1) is 11.3 Å². The number of carbonyl (C=O) groups is 1. The summed E-state index contributed by atoms with van der Waals surface area (Å²) in [7, 11) is 0. The lowest BCUT2D eigenvalue weighted by molar-refractivity contribution is -0.116. The number of thiazole rings is 1. The highest BCUT2D eigenvalue weighted by atomic mass is 79.9. The van der Waals surface area contributed by atoms with Crippen molar-refractivity contribution in [3.63, 3.8) is 0 Å². The SMILES string of the molecule is CCc1ccc(-c2csc(NC(=O)CCCOc3ccc(C)cc3Br)n2)cc1. The minimum absolute atomic E-state index is 0.0474. The van der Waals surface area contributed by atoms with E-state index < -0.39 is 0 Å². The topological polar surface area (TPSA) is 51.2 Å². The predicted octanol–water partition coefficient (Wildman–Crippen LogP) is 6.24. The van der Waals surface area contributed by atoms with Gasteiger partial charge >= 0.3 is 0 Å². The Labute approximate surface area is 178 Å². The second kappa shape index (κ2) is 9.85. The molecule has 0 aliphatic rings. The van der Waals surface area contributed by atoms with E-state index in [1.54, 1.807) is 0 Å². The quantitative estimate of drug-likeness (QED) is 0.406. The van der Waals surface area contributed by atoms with Gasteiger partial charge in [0.1, 0.15) is 5.75 Å². The Balaban J connectivity index is 1.45. The molecule has 1 N–H and O–H groups in total. The molecule has 1 heterocycles. The van der Waals surface area contributed by atoms with E-state index in [2.05, 4.69) is 57.4 Å². The Kier molecular flexibility index (Phi) is 7.23. The fraction of sp³-hybridized carbons (Fsp3) is 0.273. The molecule has 3 rings (SSSR count). The lowest BCUT2D eigenvalue weighted by Crippen LogP contribution is -2.12. The van der Waals surface area contributed by atoms with Crippen molar-refractivity contribution < 1.29 is 9.53 Å². The largest absolute Gasteiger partial charge is 0.492 e. The van der Waals surface area contributed by atoms with E-state index in [9.17, 15) is 4.79 Å². The molecule has 0 saturated carbocycles. The Morgan fingerprint density at radius 1 is 1.21 bits per heavy atom. The van der Waals surface area contributed by atoms with Crippen LogP contribution in [0, 0.1) is 6.92 Å². The number of carbonyl (C=O) groups excluding carboxylic acids is 1. The van der Waals surface area contributed by atoms with Crippen molar-refractivity contribution >= 4 is 38.3 Å². The van der Waals surface area contributed by atoms with Crippen molar-refractivity contribution in [1.82, 2.24) is 4.98 Å². The molecular weight excluding hydrogens is 436 g/mol. The maximum Gasteiger partial charge on any atom is 0.226 e. The minimum atomic E-state index is -0.0474. The van der Waals surface area contributed by atoms with Crippen molar-refractivity contribution in [2.45, 2.75) is 33.1 Å². The highest BCUT2D eigenvalue weighted by Crippen LogP contribution is 2.27. The van der Waals surface area contributed by atoms with E-state index in [-0.39, 0.29) is 5.91 Å². The molecule has 0 saturated heterocycles. The van der Waals surface area contributed by atoms with Crippen LogP contribution in [0.1, 0.15) is 30.9 Å². The zero-order valence-electron chi connectivity index (χ0n) is 16.0. The van der Waals surface area contributed by atoms with Gasteiger partial charge < -0.3 is 10.1 Å². The summed E-state index contributed by atoms with van der Waals surface area (Å²) in [6.45, 7) is 4.65. The number of anilines is 1. The first-order valence-electron chi connectivity index (χ1n) is 9.29. The summed E-state index contributed by atoms with van der Waals surface area (Å²) in [6.07, 6.45) is 2.05. The second-order valence-electron chi connectivity index (χ2n) is 6.52. The van der Waals surface area contributed by atoms with E-state index in [0.717, 1.165) is 27.9 Å². The Morgan fingerprint density at radius 2 is 2.00 bits per heavy atom. The first-order valence-corrected chi connectivity index (χ1v) is 11.0. The third-order valence-corrected chi connectivity index (χ3v) is 5.68. The fourth-order valence-corrected chi connectivity index (χ4v) is 4.04. The monoisotopic (exact) mass is 458 g/mol. The zero-order valence-corrected chi connectivity index (χ0v) is 18.4. The molecule has 1 aromatic heterocycles. The van der Waals surface area contributed by atoms with E-state index >= 15 is 0 Å². The molecule has 6 heteroatoms. The zero-order chi connectivity index (χ0) is 19.9. The van der Waals surface area contributed by atoms with E-state index in [4.69, 9.17) is 4.74 Å². The number of aromatic nitrogens is 1. The predicted molar refractivity (Wildman–Crippen MR) is 119 cm³/mol. The summed E-state index contributed by atoms with van der Waals surface area (Å²) in [6, 6.07) is 14.3. The normalized spacial score (nSPS) is 10.7. The number of ether oxygens (including phenoxy) is 1. The van der Waals surface area contributed by atoms with Crippen LogP contribution in [0.15, 0.2) is 52.3 Å². The smallest absolute Gasteiger partial charge is 0.226 e. The van der Waals surface area contributed by atoms with Crippen molar-refractivity contribution in [3.8, 4) is 17.0 Å². The summed E-state index contributed by atoms with van der Waals surface area (Å²) in [5.74, 6) is 0.749. The number of nitrogens with one attached hydrogen (secondary N) is 1. The number of benzene rings is 2. The molecule has 0 atom stereocenters. The molecule has 0 bridgehead atoms. The van der Waals surface area contributed by atoms with Crippen LogP contribution in [0.3, 0.4) is 0 Å². The summed E-state index contributed by atoms with van der Waals surface area (Å²) in [4.78, 5) is 16.7. The highest BCUT2D eigenvalue weighted by molar-refractivity contribution is 9.10. The van der Waals surface area contributed by atoms with Gasteiger partial charge in [-0.05, 0) is 59.0 Å². The summed E-state index contributed by atoms with van der Waals surface area (Å²) in [5, 5.41) is 5.47. The number of hydrogen-bond acceptors (Lipinski definition) is 4. The molecule has 0 spiro atoms. The van der Waals surface area contributed by atoms with Gasteiger partial charge in [0.05, 0.1) is 16.8 Å². The molecule has 2 aromatic carbocycles. The van der Waals surface area contributed by atoms with Crippen LogP contribution in [0.5, 0.6) is 5.75 Å². The Morgan fingerprint density at radius 3 is 2.71 bits per heavy atom. The van der Waals surface area contributed by atoms with Crippen LogP contribution in [0.2, 0.25) is 0 Å². The molecule has 0 aliphatic carbocycles. The lowest BCUT2D eigenvalue weighted by Gasteiger charge is -2.08. The van der Waals surface area contributed by atoms with Gasteiger partial charge in [-0.2, -0.15) is 0 Å². The maximum absolute atomic E-state index is 12.2. The average Bonchev–Trinajstić information content (AvgIpc) is 3.15. The standard InChI is InChI=1S/C22H23BrN2O2S/c1-3-16-7-9-17(10-8-16)19-14-28-22(24-19)25-21(26)5-4-12-27-20-11-6-15(2)13-18(20)23/h6-11,13-14H,3-5,12H2,1-2H3,(H,24,25,26). The second-order valence-corrected chi connectivity index (χ2v) is 8.23. The van der Waals surface area contributed by atoms with Crippen LogP contribution in [-0.4, -0.2) is 17.5 Å². The minimum Gasteiger partial charge on any atom is -0.492 e. The molecule has 0 aliphatic heterocycles. The van der Waals surface area contributed by atoms with Crippen LogP contribution in [0.25, 0.3) is 11.3 Å². The number of aryl methyl sites for hydroxylation is 2. The third kappa shape index (κ3) is 5.66. The van der Waals surface area contributed by atoms with Gasteiger partial charge in [-0.1, -0.05) is 37.3 Å². The number of rotatable bonds is 8. The number of amides is 1.